The van der Waals surface area contributed by atoms with Crippen LogP contribution in [0.2, 0.25) is 0 Å². The van der Waals surface area contributed by atoms with E-state index in [2.05, 4.69) is 10.1 Å². The molecular formula is C13H13FN2O3. The second-order valence-electron chi connectivity index (χ2n) is 3.66. The van der Waals surface area contributed by atoms with Gasteiger partial charge in [-0.1, -0.05) is 0 Å². The third-order valence-electron chi connectivity index (χ3n) is 2.23. The Morgan fingerprint density at radius 2 is 2.16 bits per heavy atom. The average Bonchev–Trinajstić information content (AvgIpc) is 2.39. The zero-order chi connectivity index (χ0) is 14.3. The van der Waals surface area contributed by atoms with Crippen LogP contribution in [0.5, 0.6) is 0 Å². The molecule has 1 aromatic carbocycles. The number of hydrogen-bond acceptors (Lipinski definition) is 4. The normalized spacial score (nSPS) is 9.53. The Hall–Kier alpha value is -2.42. The van der Waals surface area contributed by atoms with Gasteiger partial charge in [0.15, 0.2) is 0 Å². The van der Waals surface area contributed by atoms with E-state index >= 15 is 0 Å². The van der Waals surface area contributed by atoms with Crippen LogP contribution in [0.4, 0.5) is 10.1 Å². The SMILES string of the molecule is CCOC(=O)CCC(=O)Nc1ccc(C#N)cc1F. The van der Waals surface area contributed by atoms with Crippen LogP contribution in [0, 0.1) is 17.1 Å². The van der Waals surface area contributed by atoms with E-state index in [-0.39, 0.29) is 30.7 Å². The summed E-state index contributed by atoms with van der Waals surface area (Å²) in [5, 5.41) is 10.9. The number of amides is 1. The van der Waals surface area contributed by atoms with Crippen LogP contribution < -0.4 is 5.32 Å². The third kappa shape index (κ3) is 4.76. The maximum atomic E-state index is 13.5. The average molecular weight is 264 g/mol. The van der Waals surface area contributed by atoms with Gasteiger partial charge in [-0.25, -0.2) is 4.39 Å². The fourth-order valence-corrected chi connectivity index (χ4v) is 1.35. The Kier molecular flexibility index (Phi) is 5.48. The van der Waals surface area contributed by atoms with Gasteiger partial charge in [0.25, 0.3) is 0 Å². The molecule has 0 saturated heterocycles. The molecule has 100 valence electrons. The van der Waals surface area contributed by atoms with Crippen molar-refractivity contribution in [3.05, 3.63) is 29.6 Å². The van der Waals surface area contributed by atoms with Crippen molar-refractivity contribution in [2.24, 2.45) is 0 Å². The summed E-state index contributed by atoms with van der Waals surface area (Å²) < 4.78 is 18.1. The molecule has 0 bridgehead atoms. The Labute approximate surface area is 110 Å². The molecule has 1 aromatic rings. The van der Waals surface area contributed by atoms with Gasteiger partial charge >= 0.3 is 5.97 Å². The second-order valence-corrected chi connectivity index (χ2v) is 3.66. The monoisotopic (exact) mass is 264 g/mol. The molecular weight excluding hydrogens is 251 g/mol. The van der Waals surface area contributed by atoms with Gasteiger partial charge in [-0.05, 0) is 25.1 Å². The number of carbonyl (C=O) groups excluding carboxylic acids is 2. The zero-order valence-corrected chi connectivity index (χ0v) is 10.4. The fourth-order valence-electron chi connectivity index (χ4n) is 1.35. The number of ether oxygens (including phenoxy) is 1. The summed E-state index contributed by atoms with van der Waals surface area (Å²) in [7, 11) is 0. The van der Waals surface area contributed by atoms with Gasteiger partial charge in [-0.3, -0.25) is 9.59 Å². The maximum Gasteiger partial charge on any atom is 0.306 e. The summed E-state index contributed by atoms with van der Waals surface area (Å²) >= 11 is 0. The van der Waals surface area contributed by atoms with E-state index in [1.54, 1.807) is 13.0 Å². The van der Waals surface area contributed by atoms with Gasteiger partial charge in [0, 0.05) is 6.42 Å². The highest BCUT2D eigenvalue weighted by atomic mass is 19.1. The van der Waals surface area contributed by atoms with Crippen molar-refractivity contribution in [1.82, 2.24) is 0 Å². The quantitative estimate of drug-likeness (QED) is 0.825. The molecule has 0 radical (unpaired) electrons. The van der Waals surface area contributed by atoms with Crippen LogP contribution in [-0.2, 0) is 14.3 Å². The highest BCUT2D eigenvalue weighted by Crippen LogP contribution is 2.15. The van der Waals surface area contributed by atoms with E-state index in [4.69, 9.17) is 5.26 Å². The number of anilines is 1. The minimum atomic E-state index is -0.691. The van der Waals surface area contributed by atoms with Gasteiger partial charge in [0.1, 0.15) is 5.82 Å². The highest BCUT2D eigenvalue weighted by molar-refractivity contribution is 5.92. The summed E-state index contributed by atoms with van der Waals surface area (Å²) in [6, 6.07) is 5.51. The lowest BCUT2D eigenvalue weighted by atomic mass is 10.2. The first-order chi connectivity index (χ1) is 9.06. The van der Waals surface area contributed by atoms with Crippen LogP contribution in [0.25, 0.3) is 0 Å². The summed E-state index contributed by atoms with van der Waals surface area (Å²) in [5.74, 6) is -1.65. The Bertz CT molecular complexity index is 523. The van der Waals surface area contributed by atoms with Crippen molar-refractivity contribution in [2.45, 2.75) is 19.8 Å². The number of benzene rings is 1. The summed E-state index contributed by atoms with van der Waals surface area (Å²) in [6.45, 7) is 1.93. The Balaban J connectivity index is 2.53. The van der Waals surface area contributed by atoms with Gasteiger partial charge in [0.05, 0.1) is 30.3 Å². The van der Waals surface area contributed by atoms with Crippen LogP contribution in [0.1, 0.15) is 25.3 Å². The van der Waals surface area contributed by atoms with E-state index in [1.165, 1.54) is 12.1 Å². The molecule has 5 nitrogen and oxygen atoms in total. The van der Waals surface area contributed by atoms with E-state index in [1.807, 2.05) is 0 Å². The van der Waals surface area contributed by atoms with Crippen LogP contribution in [0.3, 0.4) is 0 Å². The number of nitriles is 1. The van der Waals surface area contributed by atoms with Crippen molar-refractivity contribution >= 4 is 17.6 Å². The molecule has 0 spiro atoms. The molecule has 0 fully saturated rings. The largest absolute Gasteiger partial charge is 0.466 e. The van der Waals surface area contributed by atoms with Crippen LogP contribution in [0.15, 0.2) is 18.2 Å². The summed E-state index contributed by atoms with van der Waals surface area (Å²) in [4.78, 5) is 22.5. The summed E-state index contributed by atoms with van der Waals surface area (Å²) in [6.07, 6.45) is -0.143. The Morgan fingerprint density at radius 1 is 1.42 bits per heavy atom. The number of halogens is 1. The van der Waals surface area contributed by atoms with Gasteiger partial charge in [-0.2, -0.15) is 5.26 Å². The molecule has 0 aliphatic heterocycles. The smallest absolute Gasteiger partial charge is 0.306 e. The zero-order valence-electron chi connectivity index (χ0n) is 10.4. The molecule has 0 atom stereocenters. The van der Waals surface area contributed by atoms with E-state index in [0.717, 1.165) is 6.07 Å². The van der Waals surface area contributed by atoms with Crippen molar-refractivity contribution in [3.63, 3.8) is 0 Å². The lowest BCUT2D eigenvalue weighted by molar-refractivity contribution is -0.144. The number of esters is 1. The molecule has 6 heteroatoms. The Morgan fingerprint density at radius 3 is 2.74 bits per heavy atom. The minimum absolute atomic E-state index is 0.0205. The van der Waals surface area contributed by atoms with E-state index in [9.17, 15) is 14.0 Å². The molecule has 19 heavy (non-hydrogen) atoms. The second kappa shape index (κ2) is 7.11. The van der Waals surface area contributed by atoms with Gasteiger partial charge < -0.3 is 10.1 Å². The van der Waals surface area contributed by atoms with Crippen LogP contribution >= 0.6 is 0 Å². The number of nitrogens with zero attached hydrogens (tertiary/aromatic N) is 1. The predicted molar refractivity (Wildman–Crippen MR) is 65.6 cm³/mol. The molecule has 0 aromatic heterocycles. The van der Waals surface area contributed by atoms with Crippen molar-refractivity contribution in [2.75, 3.05) is 11.9 Å². The topological polar surface area (TPSA) is 79.2 Å². The molecule has 0 aliphatic carbocycles. The van der Waals surface area contributed by atoms with Crippen molar-refractivity contribution in [3.8, 4) is 6.07 Å². The van der Waals surface area contributed by atoms with Crippen LogP contribution in [-0.4, -0.2) is 18.5 Å². The highest BCUT2D eigenvalue weighted by Gasteiger charge is 2.10. The van der Waals surface area contributed by atoms with E-state index < -0.39 is 17.7 Å². The fraction of sp³-hybridized carbons (Fsp3) is 0.308. The molecule has 0 unspecified atom stereocenters. The first-order valence-electron chi connectivity index (χ1n) is 5.72. The molecule has 1 rings (SSSR count). The van der Waals surface area contributed by atoms with Crippen molar-refractivity contribution in [1.29, 1.82) is 5.26 Å². The molecule has 1 amide bonds. The molecule has 0 heterocycles. The first-order valence-corrected chi connectivity index (χ1v) is 5.72. The summed E-state index contributed by atoms with van der Waals surface area (Å²) in [5.41, 5.74) is 0.148. The van der Waals surface area contributed by atoms with E-state index in [0.29, 0.717) is 0 Å². The predicted octanol–water partition coefficient (Wildman–Crippen LogP) is 1.98. The van der Waals surface area contributed by atoms with Crippen molar-refractivity contribution < 1.29 is 18.7 Å². The number of hydrogen-bond donors (Lipinski definition) is 1. The number of nitrogens with one attached hydrogen (secondary N) is 1. The third-order valence-corrected chi connectivity index (χ3v) is 2.23. The molecule has 0 aliphatic rings. The lowest BCUT2D eigenvalue weighted by Gasteiger charge is -2.06. The molecule has 0 saturated carbocycles. The van der Waals surface area contributed by atoms with Gasteiger partial charge in [0.2, 0.25) is 5.91 Å². The lowest BCUT2D eigenvalue weighted by Crippen LogP contribution is -2.15. The number of carbonyl (C=O) groups is 2. The standard InChI is InChI=1S/C13H13FN2O3/c1-2-19-13(18)6-5-12(17)16-11-4-3-9(8-15)7-10(11)14/h3-4,7H,2,5-6H2,1H3,(H,16,17). The first kappa shape index (κ1) is 14.6. The number of rotatable bonds is 5. The maximum absolute atomic E-state index is 13.5. The molecule has 1 N–H and O–H groups in total. The minimum Gasteiger partial charge on any atom is -0.466 e. The van der Waals surface area contributed by atoms with Gasteiger partial charge in [-0.15, -0.1) is 0 Å².